The molecule has 0 bridgehead atoms. The third-order valence-corrected chi connectivity index (χ3v) is 5.28. The Hall–Kier alpha value is -2.45. The van der Waals surface area contributed by atoms with Gasteiger partial charge in [0, 0.05) is 29.7 Å². The normalized spacial score (nSPS) is 17.4. The second-order valence-corrected chi connectivity index (χ2v) is 7.64. The van der Waals surface area contributed by atoms with Crippen molar-refractivity contribution in [2.24, 2.45) is 5.92 Å². The van der Waals surface area contributed by atoms with E-state index in [1.54, 1.807) is 18.2 Å². The van der Waals surface area contributed by atoms with E-state index in [4.69, 9.17) is 34.0 Å². The molecule has 1 saturated heterocycles. The third kappa shape index (κ3) is 4.88. The van der Waals surface area contributed by atoms with Crippen molar-refractivity contribution >= 4 is 46.7 Å². The maximum absolute atomic E-state index is 11.0. The number of hydrogen-bond donors (Lipinski definition) is 4. The highest BCUT2D eigenvalue weighted by Gasteiger charge is 2.25. The van der Waals surface area contributed by atoms with E-state index in [9.17, 15) is 4.79 Å². The van der Waals surface area contributed by atoms with Crippen LogP contribution in [-0.4, -0.2) is 45.7 Å². The number of anilines is 3. The lowest BCUT2D eigenvalue weighted by Crippen LogP contribution is -2.28. The molecule has 28 heavy (non-hydrogen) atoms. The molecule has 8 nitrogen and oxygen atoms in total. The highest BCUT2D eigenvalue weighted by Crippen LogP contribution is 2.29. The molecule has 1 amide bonds. The first-order chi connectivity index (χ1) is 13.3. The summed E-state index contributed by atoms with van der Waals surface area (Å²) in [6.07, 6.45) is 1.46. The molecule has 2 aromatic rings. The summed E-state index contributed by atoms with van der Waals surface area (Å²) in [5.41, 5.74) is 7.25. The summed E-state index contributed by atoms with van der Waals surface area (Å²) in [5, 5.41) is 16.6. The average molecular weight is 425 g/mol. The molecule has 0 spiro atoms. The Bertz CT molecular complexity index is 866. The van der Waals surface area contributed by atoms with Crippen LogP contribution >= 0.6 is 23.2 Å². The van der Waals surface area contributed by atoms with Crippen LogP contribution in [0.2, 0.25) is 10.0 Å². The molecule has 3 rings (SSSR count). The topological polar surface area (TPSA) is 116 Å². The van der Waals surface area contributed by atoms with Gasteiger partial charge in [-0.2, -0.15) is 4.98 Å². The molecular formula is C18H22Cl2N6O2. The van der Waals surface area contributed by atoms with Crippen LogP contribution in [0.15, 0.2) is 24.4 Å². The van der Waals surface area contributed by atoms with E-state index in [0.29, 0.717) is 47.1 Å². The Morgan fingerprint density at radius 1 is 1.46 bits per heavy atom. The van der Waals surface area contributed by atoms with Crippen molar-refractivity contribution in [1.82, 2.24) is 14.9 Å². The van der Waals surface area contributed by atoms with Crippen LogP contribution in [0.5, 0.6) is 0 Å². The fourth-order valence-corrected chi connectivity index (χ4v) is 3.59. The fourth-order valence-electron chi connectivity index (χ4n) is 3.13. The molecule has 2 heterocycles. The van der Waals surface area contributed by atoms with Crippen LogP contribution in [-0.2, 0) is 0 Å². The van der Waals surface area contributed by atoms with Gasteiger partial charge in [0.15, 0.2) is 5.82 Å². The average Bonchev–Trinajstić information content (AvgIpc) is 3.13. The number of benzene rings is 1. The standard InChI is InChI=1S/C18H22Cl2N6O2/c1-10(13-6-12(19)2-3-14(13)20)24-16-15(21)8-23-17(25-16)22-7-11-4-5-26(9-11)18(27)28/h2-3,6,8,10-11H,4-5,7,9,21H2,1H3,(H,27,28)(H2,22,23,24,25). The zero-order valence-corrected chi connectivity index (χ0v) is 16.8. The third-order valence-electron chi connectivity index (χ3n) is 4.70. The molecule has 1 fully saturated rings. The number of likely N-dealkylation sites (tertiary alicyclic amines) is 1. The first-order valence-electron chi connectivity index (χ1n) is 8.89. The van der Waals surface area contributed by atoms with E-state index in [-0.39, 0.29) is 12.0 Å². The highest BCUT2D eigenvalue weighted by atomic mass is 35.5. The first kappa shape index (κ1) is 20.3. The van der Waals surface area contributed by atoms with E-state index in [1.165, 1.54) is 11.1 Å². The Morgan fingerprint density at radius 3 is 2.96 bits per heavy atom. The van der Waals surface area contributed by atoms with Crippen LogP contribution in [0.4, 0.5) is 22.2 Å². The number of amides is 1. The van der Waals surface area contributed by atoms with Crippen LogP contribution in [0.25, 0.3) is 0 Å². The van der Waals surface area contributed by atoms with Crippen molar-refractivity contribution in [2.45, 2.75) is 19.4 Å². The number of hydrogen-bond acceptors (Lipinski definition) is 6. The molecule has 1 aliphatic rings. The van der Waals surface area contributed by atoms with E-state index in [0.717, 1.165) is 12.0 Å². The van der Waals surface area contributed by atoms with Gasteiger partial charge in [-0.3, -0.25) is 0 Å². The van der Waals surface area contributed by atoms with Gasteiger partial charge in [-0.05, 0) is 43.0 Å². The molecule has 150 valence electrons. The minimum absolute atomic E-state index is 0.171. The van der Waals surface area contributed by atoms with Gasteiger partial charge >= 0.3 is 6.09 Å². The lowest BCUT2D eigenvalue weighted by molar-refractivity contribution is 0.154. The predicted octanol–water partition coefficient (Wildman–Crippen LogP) is 3.95. The Labute approximate surface area is 173 Å². The van der Waals surface area contributed by atoms with Crippen molar-refractivity contribution in [2.75, 3.05) is 36.0 Å². The highest BCUT2D eigenvalue weighted by molar-refractivity contribution is 6.33. The summed E-state index contributed by atoms with van der Waals surface area (Å²) in [5.74, 6) is 1.13. The zero-order valence-electron chi connectivity index (χ0n) is 15.3. The van der Waals surface area contributed by atoms with Crippen molar-refractivity contribution in [3.63, 3.8) is 0 Å². The summed E-state index contributed by atoms with van der Waals surface area (Å²) in [7, 11) is 0. The SMILES string of the molecule is CC(Nc1nc(NCC2CCN(C(=O)O)C2)ncc1N)c1cc(Cl)ccc1Cl. The van der Waals surface area contributed by atoms with Gasteiger partial charge in [0.05, 0.1) is 17.9 Å². The summed E-state index contributed by atoms with van der Waals surface area (Å²) in [6.45, 7) is 3.58. The number of halogens is 2. The number of carboxylic acid groups (broad SMARTS) is 1. The van der Waals surface area contributed by atoms with Gasteiger partial charge in [-0.15, -0.1) is 0 Å². The molecule has 0 radical (unpaired) electrons. The number of nitrogens with two attached hydrogens (primary N) is 1. The predicted molar refractivity (Wildman–Crippen MR) is 111 cm³/mol. The molecule has 1 aliphatic heterocycles. The van der Waals surface area contributed by atoms with Gasteiger partial charge in [-0.25, -0.2) is 9.78 Å². The van der Waals surface area contributed by atoms with Crippen molar-refractivity contribution < 1.29 is 9.90 Å². The largest absolute Gasteiger partial charge is 0.465 e. The molecule has 1 aromatic heterocycles. The summed E-state index contributed by atoms with van der Waals surface area (Å²) in [4.78, 5) is 21.1. The Balaban J connectivity index is 1.64. The van der Waals surface area contributed by atoms with Gasteiger partial charge in [-0.1, -0.05) is 23.2 Å². The van der Waals surface area contributed by atoms with Gasteiger partial charge in [0.2, 0.25) is 5.95 Å². The Kier molecular flexibility index (Phi) is 6.31. The zero-order chi connectivity index (χ0) is 20.3. The van der Waals surface area contributed by atoms with Crippen molar-refractivity contribution in [3.8, 4) is 0 Å². The number of nitrogens with zero attached hydrogens (tertiary/aromatic N) is 3. The minimum atomic E-state index is -0.883. The van der Waals surface area contributed by atoms with Crippen LogP contribution in [0.3, 0.4) is 0 Å². The van der Waals surface area contributed by atoms with Crippen LogP contribution in [0, 0.1) is 5.92 Å². The first-order valence-corrected chi connectivity index (χ1v) is 9.65. The van der Waals surface area contributed by atoms with Crippen molar-refractivity contribution in [3.05, 3.63) is 40.0 Å². The molecule has 1 aromatic carbocycles. The molecular weight excluding hydrogens is 403 g/mol. The maximum Gasteiger partial charge on any atom is 0.407 e. The number of aromatic nitrogens is 2. The van der Waals surface area contributed by atoms with Crippen LogP contribution in [0.1, 0.15) is 24.9 Å². The van der Waals surface area contributed by atoms with E-state index in [1.807, 2.05) is 6.92 Å². The molecule has 5 N–H and O–H groups in total. The van der Waals surface area contributed by atoms with Crippen molar-refractivity contribution in [1.29, 1.82) is 0 Å². The van der Waals surface area contributed by atoms with E-state index in [2.05, 4.69) is 20.6 Å². The van der Waals surface area contributed by atoms with Gasteiger partial charge in [0.25, 0.3) is 0 Å². The molecule has 0 saturated carbocycles. The summed E-state index contributed by atoms with van der Waals surface area (Å²) in [6, 6.07) is 5.10. The summed E-state index contributed by atoms with van der Waals surface area (Å²) < 4.78 is 0. The fraction of sp³-hybridized carbons (Fsp3) is 0.389. The number of nitrogen functional groups attached to an aromatic ring is 1. The Morgan fingerprint density at radius 2 is 2.25 bits per heavy atom. The smallest absolute Gasteiger partial charge is 0.407 e. The molecule has 2 unspecified atom stereocenters. The second-order valence-electron chi connectivity index (χ2n) is 6.79. The molecule has 2 atom stereocenters. The molecule has 0 aliphatic carbocycles. The van der Waals surface area contributed by atoms with Gasteiger partial charge < -0.3 is 26.4 Å². The lowest BCUT2D eigenvalue weighted by Gasteiger charge is -2.18. The maximum atomic E-state index is 11.0. The quantitative estimate of drug-likeness (QED) is 0.554. The number of nitrogens with one attached hydrogen (secondary N) is 2. The van der Waals surface area contributed by atoms with E-state index >= 15 is 0 Å². The van der Waals surface area contributed by atoms with E-state index < -0.39 is 6.09 Å². The number of rotatable bonds is 6. The van der Waals surface area contributed by atoms with Gasteiger partial charge in [0.1, 0.15) is 0 Å². The lowest BCUT2D eigenvalue weighted by atomic mass is 10.1. The summed E-state index contributed by atoms with van der Waals surface area (Å²) >= 11 is 12.3. The monoisotopic (exact) mass is 424 g/mol. The molecule has 10 heteroatoms. The van der Waals surface area contributed by atoms with Crippen LogP contribution < -0.4 is 16.4 Å². The second kappa shape index (κ2) is 8.70. The minimum Gasteiger partial charge on any atom is -0.465 e. The number of carbonyl (C=O) groups is 1.